The van der Waals surface area contributed by atoms with Crippen LogP contribution in [0.1, 0.15) is 155 Å². The van der Waals surface area contributed by atoms with Gasteiger partial charge in [-0.3, -0.25) is 9.59 Å². The molecule has 4 nitrogen and oxygen atoms in total. The topological polar surface area (TPSA) is 74.6 Å². The molecule has 0 unspecified atom stereocenters. The highest BCUT2D eigenvalue weighted by Crippen LogP contribution is 2.06. The van der Waals surface area contributed by atoms with Crippen LogP contribution in [0.3, 0.4) is 0 Å². The SMILES string of the molecule is CC/C=C\C/C=C\C/C=C\C/C=C\C/C=C\CCCCCC(=O)O.CCCCC/C=C\C/C=C\C/C=C\C/C=C\CCCCCC(=O)O. The monoisotopic (exact) mass is 663 g/mol. The molecule has 4 heteroatoms. The minimum Gasteiger partial charge on any atom is -0.481 e. The van der Waals surface area contributed by atoms with Crippen LogP contribution in [0.25, 0.3) is 0 Å². The van der Waals surface area contributed by atoms with Gasteiger partial charge in [-0.25, -0.2) is 0 Å². The zero-order valence-corrected chi connectivity index (χ0v) is 30.7. The molecule has 0 bridgehead atoms. The van der Waals surface area contributed by atoms with E-state index >= 15 is 0 Å². The van der Waals surface area contributed by atoms with Gasteiger partial charge < -0.3 is 10.2 Å². The van der Waals surface area contributed by atoms with Crippen molar-refractivity contribution in [2.75, 3.05) is 0 Å². The Morgan fingerprint density at radius 2 is 0.625 bits per heavy atom. The minimum absolute atomic E-state index is 0.297. The van der Waals surface area contributed by atoms with Crippen LogP contribution in [-0.2, 0) is 9.59 Å². The van der Waals surface area contributed by atoms with E-state index in [-0.39, 0.29) is 0 Å². The molecule has 48 heavy (non-hydrogen) atoms. The Morgan fingerprint density at radius 1 is 0.354 bits per heavy atom. The fourth-order valence-electron chi connectivity index (χ4n) is 4.36. The van der Waals surface area contributed by atoms with Gasteiger partial charge in [0, 0.05) is 12.8 Å². The normalized spacial score (nSPS) is 12.5. The van der Waals surface area contributed by atoms with Crippen molar-refractivity contribution in [3.8, 4) is 0 Å². The molecule has 0 radical (unpaired) electrons. The van der Waals surface area contributed by atoms with Gasteiger partial charge in [-0.15, -0.1) is 0 Å². The lowest BCUT2D eigenvalue weighted by Crippen LogP contribution is -1.93. The zero-order chi connectivity index (χ0) is 35.4. The third-order valence-corrected chi connectivity index (χ3v) is 7.14. The molecule has 0 heterocycles. The van der Waals surface area contributed by atoms with Crippen LogP contribution in [0.15, 0.2) is 109 Å². The summed E-state index contributed by atoms with van der Waals surface area (Å²) >= 11 is 0. The largest absolute Gasteiger partial charge is 0.481 e. The Labute approximate surface area is 295 Å². The molecule has 0 aliphatic rings. The van der Waals surface area contributed by atoms with E-state index < -0.39 is 11.9 Å². The fourth-order valence-corrected chi connectivity index (χ4v) is 4.36. The molecule has 0 rings (SSSR count). The Kier molecular flexibility index (Phi) is 42.4. The predicted molar refractivity (Wildman–Crippen MR) is 210 cm³/mol. The summed E-state index contributed by atoms with van der Waals surface area (Å²) in [7, 11) is 0. The number of unbranched alkanes of at least 4 members (excludes halogenated alkanes) is 9. The fraction of sp³-hybridized carbons (Fsp3) is 0.545. The summed E-state index contributed by atoms with van der Waals surface area (Å²) in [5.74, 6) is -1.38. The van der Waals surface area contributed by atoms with Gasteiger partial charge in [0.05, 0.1) is 0 Å². The van der Waals surface area contributed by atoms with Crippen molar-refractivity contribution in [1.82, 2.24) is 0 Å². The lowest BCUT2D eigenvalue weighted by molar-refractivity contribution is -0.138. The van der Waals surface area contributed by atoms with Gasteiger partial charge in [0.25, 0.3) is 0 Å². The third kappa shape index (κ3) is 49.5. The molecule has 0 fully saturated rings. The van der Waals surface area contributed by atoms with E-state index in [1.165, 1.54) is 25.7 Å². The van der Waals surface area contributed by atoms with Crippen LogP contribution < -0.4 is 0 Å². The van der Waals surface area contributed by atoms with E-state index in [2.05, 4.69) is 123 Å². The van der Waals surface area contributed by atoms with E-state index in [1.807, 2.05) is 0 Å². The highest BCUT2D eigenvalue weighted by atomic mass is 16.4. The van der Waals surface area contributed by atoms with E-state index in [4.69, 9.17) is 10.2 Å². The molecule has 0 saturated heterocycles. The number of rotatable bonds is 31. The maximum absolute atomic E-state index is 10.4. The summed E-state index contributed by atoms with van der Waals surface area (Å²) in [5.41, 5.74) is 0. The second-order valence-corrected chi connectivity index (χ2v) is 11.8. The molecule has 0 aromatic carbocycles. The molecular formula is C44H70O4. The summed E-state index contributed by atoms with van der Waals surface area (Å²) in [4.78, 5) is 20.7. The van der Waals surface area contributed by atoms with E-state index in [0.29, 0.717) is 12.8 Å². The summed E-state index contributed by atoms with van der Waals surface area (Å²) in [5, 5.41) is 17.1. The number of hydrogen-bond acceptors (Lipinski definition) is 2. The molecular weight excluding hydrogens is 592 g/mol. The van der Waals surface area contributed by atoms with E-state index in [1.54, 1.807) is 0 Å². The number of carbonyl (C=O) groups is 2. The number of carboxylic acid groups (broad SMARTS) is 2. The van der Waals surface area contributed by atoms with Crippen molar-refractivity contribution in [2.24, 2.45) is 0 Å². The summed E-state index contributed by atoms with van der Waals surface area (Å²) in [6.45, 7) is 4.39. The van der Waals surface area contributed by atoms with E-state index in [0.717, 1.165) is 103 Å². The number of allylic oxidation sites excluding steroid dienone is 18. The molecule has 0 amide bonds. The first-order chi connectivity index (χ1) is 23.5. The Balaban J connectivity index is 0. The first-order valence-corrected chi connectivity index (χ1v) is 18.8. The van der Waals surface area contributed by atoms with Crippen LogP contribution in [0.2, 0.25) is 0 Å². The molecule has 270 valence electrons. The van der Waals surface area contributed by atoms with Gasteiger partial charge in [-0.1, -0.05) is 149 Å². The van der Waals surface area contributed by atoms with Crippen LogP contribution in [0.5, 0.6) is 0 Å². The van der Waals surface area contributed by atoms with Gasteiger partial charge in [-0.05, 0) is 103 Å². The molecule has 0 aromatic heterocycles. The van der Waals surface area contributed by atoms with E-state index in [9.17, 15) is 9.59 Å². The minimum atomic E-state index is -0.690. The van der Waals surface area contributed by atoms with Crippen molar-refractivity contribution in [3.63, 3.8) is 0 Å². The number of hydrogen-bond donors (Lipinski definition) is 2. The molecule has 0 aromatic rings. The van der Waals surface area contributed by atoms with Crippen molar-refractivity contribution >= 4 is 11.9 Å². The Morgan fingerprint density at radius 3 is 0.896 bits per heavy atom. The lowest BCUT2D eigenvalue weighted by atomic mass is 10.1. The standard InChI is InChI=1S/C22H36O2.C22H34O2/c2*1-2-3-4-5-6-7-8-9-10-11-12-13-14-15-16-17-18-19-20-21-22(23)24/h6-7,9-10,12-13,15-16H,2-5,8,11,14,17-21H2,1H3,(H,23,24);3-4,6-7,9-10,12-13,15-16H,2,5,8,11,14,17-21H2,1H3,(H,23,24)/b7-6-,10-9-,13-12-,16-15-;4-3-,7-6-,10-9-,13-12-,16-15-. The van der Waals surface area contributed by atoms with Gasteiger partial charge >= 0.3 is 11.9 Å². The second-order valence-electron chi connectivity index (χ2n) is 11.8. The number of carboxylic acids is 2. The van der Waals surface area contributed by atoms with Crippen LogP contribution in [-0.4, -0.2) is 22.2 Å². The first-order valence-electron chi connectivity index (χ1n) is 18.8. The summed E-state index contributed by atoms with van der Waals surface area (Å²) in [6.07, 6.45) is 61.6. The van der Waals surface area contributed by atoms with Crippen LogP contribution in [0.4, 0.5) is 0 Å². The lowest BCUT2D eigenvalue weighted by Gasteiger charge is -1.94. The summed E-state index contributed by atoms with van der Waals surface area (Å²) < 4.78 is 0. The van der Waals surface area contributed by atoms with Crippen LogP contribution >= 0.6 is 0 Å². The Hall–Kier alpha value is -3.40. The smallest absolute Gasteiger partial charge is 0.303 e. The third-order valence-electron chi connectivity index (χ3n) is 7.14. The first kappa shape index (κ1) is 46.7. The van der Waals surface area contributed by atoms with Gasteiger partial charge in [-0.2, -0.15) is 0 Å². The highest BCUT2D eigenvalue weighted by molar-refractivity contribution is 5.66. The molecule has 0 saturated carbocycles. The zero-order valence-electron chi connectivity index (χ0n) is 30.7. The molecule has 0 atom stereocenters. The average molecular weight is 663 g/mol. The van der Waals surface area contributed by atoms with Crippen LogP contribution in [0, 0.1) is 0 Å². The molecule has 0 spiro atoms. The quantitative estimate of drug-likeness (QED) is 0.0572. The van der Waals surface area contributed by atoms with Crippen molar-refractivity contribution in [1.29, 1.82) is 0 Å². The molecule has 0 aliphatic carbocycles. The summed E-state index contributed by atoms with van der Waals surface area (Å²) in [6, 6.07) is 0. The highest BCUT2D eigenvalue weighted by Gasteiger charge is 1.95. The predicted octanol–water partition coefficient (Wildman–Crippen LogP) is 13.8. The van der Waals surface area contributed by atoms with Gasteiger partial charge in [0.1, 0.15) is 0 Å². The maximum atomic E-state index is 10.4. The second kappa shape index (κ2) is 43.6. The van der Waals surface area contributed by atoms with Crippen molar-refractivity contribution in [3.05, 3.63) is 109 Å². The van der Waals surface area contributed by atoms with Crippen molar-refractivity contribution in [2.45, 2.75) is 155 Å². The van der Waals surface area contributed by atoms with Gasteiger partial charge in [0.15, 0.2) is 0 Å². The Bertz CT molecular complexity index is 972. The average Bonchev–Trinajstić information content (AvgIpc) is 3.07. The maximum Gasteiger partial charge on any atom is 0.303 e. The molecule has 2 N–H and O–H groups in total. The van der Waals surface area contributed by atoms with Crippen molar-refractivity contribution < 1.29 is 19.8 Å². The molecule has 0 aliphatic heterocycles. The van der Waals surface area contributed by atoms with Gasteiger partial charge in [0.2, 0.25) is 0 Å². The number of aliphatic carboxylic acids is 2.